The molecule has 1 fully saturated rings. The normalized spacial score (nSPS) is 16.7. The summed E-state index contributed by atoms with van der Waals surface area (Å²) >= 11 is 0. The van der Waals surface area contributed by atoms with Gasteiger partial charge in [0.15, 0.2) is 0 Å². The molecule has 0 spiro atoms. The second-order valence-electron chi connectivity index (χ2n) is 5.50. The van der Waals surface area contributed by atoms with Gasteiger partial charge in [0.25, 0.3) is 11.8 Å². The largest absolute Gasteiger partial charge is 0.418 e. The van der Waals surface area contributed by atoms with Crippen LogP contribution in [0.2, 0.25) is 0 Å². The predicted octanol–water partition coefficient (Wildman–Crippen LogP) is 3.51. The number of hydroxylamine groups is 2. The maximum Gasteiger partial charge on any atom is 0.418 e. The summed E-state index contributed by atoms with van der Waals surface area (Å²) in [6.07, 6.45) is -19.1. The number of alkyl halides is 9. The predicted molar refractivity (Wildman–Crippen MR) is 70.8 cm³/mol. The lowest BCUT2D eigenvalue weighted by Gasteiger charge is -2.22. The third-order valence-electron chi connectivity index (χ3n) is 3.47. The van der Waals surface area contributed by atoms with Crippen LogP contribution in [0.25, 0.3) is 0 Å². The van der Waals surface area contributed by atoms with E-state index in [0.29, 0.717) is 0 Å². The Hall–Kier alpha value is -2.36. The van der Waals surface area contributed by atoms with Crippen molar-refractivity contribution >= 4 is 21.9 Å². The molecule has 16 heteroatoms. The molecule has 162 valence electrons. The molecule has 2 amide bonds. The molecule has 0 atom stereocenters. The molecule has 0 aliphatic carbocycles. The van der Waals surface area contributed by atoms with Gasteiger partial charge in [0, 0.05) is 12.8 Å². The molecule has 0 unspecified atom stereocenters. The van der Waals surface area contributed by atoms with Crippen molar-refractivity contribution in [1.82, 2.24) is 5.06 Å². The lowest BCUT2D eigenvalue weighted by Crippen LogP contribution is -2.33. The molecule has 1 saturated heterocycles. The Morgan fingerprint density at radius 3 is 1.66 bits per heavy atom. The quantitative estimate of drug-likeness (QED) is 0.511. The van der Waals surface area contributed by atoms with E-state index in [1.54, 1.807) is 0 Å². The summed E-state index contributed by atoms with van der Waals surface area (Å²) in [5, 5.41) is -0.539. The fraction of sp³-hybridized carbons (Fsp3) is 0.385. The summed E-state index contributed by atoms with van der Waals surface area (Å²) < 4.78 is 145. The zero-order chi connectivity index (χ0) is 22.6. The van der Waals surface area contributed by atoms with Gasteiger partial charge in [0.2, 0.25) is 0 Å². The van der Waals surface area contributed by atoms with Crippen molar-refractivity contribution in [3.63, 3.8) is 0 Å². The molecule has 0 aromatic heterocycles. The first kappa shape index (κ1) is 22.9. The van der Waals surface area contributed by atoms with Crippen LogP contribution in [0.3, 0.4) is 0 Å². The van der Waals surface area contributed by atoms with Gasteiger partial charge in [0.05, 0.1) is 16.7 Å². The first-order valence-electron chi connectivity index (χ1n) is 7.05. The maximum atomic E-state index is 13.2. The van der Waals surface area contributed by atoms with Crippen molar-refractivity contribution < 1.29 is 61.8 Å². The van der Waals surface area contributed by atoms with Crippen molar-refractivity contribution in [2.75, 3.05) is 0 Å². The van der Waals surface area contributed by atoms with Crippen LogP contribution < -0.4 is 0 Å². The zero-order valence-corrected chi connectivity index (χ0v) is 14.2. The average molecular weight is 459 g/mol. The first-order valence-corrected chi connectivity index (χ1v) is 8.46. The minimum Gasteiger partial charge on any atom is -0.272 e. The number of halogens is 9. The second kappa shape index (κ2) is 6.86. The summed E-state index contributed by atoms with van der Waals surface area (Å²) in [5.41, 5.74) is -8.31. The Kier molecular flexibility index (Phi) is 5.42. The third kappa shape index (κ3) is 4.63. The van der Waals surface area contributed by atoms with E-state index in [1.807, 2.05) is 0 Å². The van der Waals surface area contributed by atoms with Crippen LogP contribution in [-0.4, -0.2) is 25.3 Å². The van der Waals surface area contributed by atoms with Crippen LogP contribution in [0.4, 0.5) is 39.5 Å². The van der Waals surface area contributed by atoms with Gasteiger partial charge in [-0.05, 0) is 12.1 Å². The average Bonchev–Trinajstić information content (AvgIpc) is 2.82. The molecular weight excluding hydrogens is 453 g/mol. The summed E-state index contributed by atoms with van der Waals surface area (Å²) in [6, 6.07) is -1.63. The maximum absolute atomic E-state index is 13.2. The summed E-state index contributed by atoms with van der Waals surface area (Å²) in [4.78, 5) is 20.2. The number of benzene rings is 1. The lowest BCUT2D eigenvalue weighted by atomic mass is 10.0. The lowest BCUT2D eigenvalue weighted by molar-refractivity contribution is -0.167. The number of carbonyl (C=O) groups excluding carboxylic acids is 2. The smallest absolute Gasteiger partial charge is 0.272 e. The number of imide groups is 1. The van der Waals surface area contributed by atoms with E-state index < -0.39 is 92.1 Å². The highest BCUT2D eigenvalue weighted by molar-refractivity contribution is 7.86. The molecule has 1 aromatic rings. The van der Waals surface area contributed by atoms with E-state index in [-0.39, 0.29) is 0 Å². The molecule has 1 aromatic carbocycles. The van der Waals surface area contributed by atoms with Crippen molar-refractivity contribution in [3.8, 4) is 0 Å². The van der Waals surface area contributed by atoms with E-state index >= 15 is 0 Å². The van der Waals surface area contributed by atoms with Gasteiger partial charge < -0.3 is 0 Å². The summed E-state index contributed by atoms with van der Waals surface area (Å²) in [7, 11) is -6.12. The Balaban J connectivity index is 2.83. The highest BCUT2D eigenvalue weighted by Crippen LogP contribution is 2.46. The van der Waals surface area contributed by atoms with Crippen LogP contribution in [0.15, 0.2) is 17.0 Å². The Labute approximate surface area is 154 Å². The molecule has 1 aliphatic heterocycles. The first-order chi connectivity index (χ1) is 12.9. The van der Waals surface area contributed by atoms with Gasteiger partial charge in [-0.15, -0.1) is 9.35 Å². The van der Waals surface area contributed by atoms with Gasteiger partial charge in [-0.1, -0.05) is 0 Å². The summed E-state index contributed by atoms with van der Waals surface area (Å²) in [6.45, 7) is 0. The van der Waals surface area contributed by atoms with Crippen LogP contribution in [0.1, 0.15) is 29.5 Å². The zero-order valence-electron chi connectivity index (χ0n) is 13.4. The highest BCUT2D eigenvalue weighted by atomic mass is 32.2. The third-order valence-corrected chi connectivity index (χ3v) is 4.67. The standard InChI is InChI=1S/C13H6F9NO5S/c14-11(15,16)5-3-6(12(17,18)19)10(13(20,21)22)7(4-5)29(26,27)28-23-8(24)1-2-9(23)25/h3-4H,1-2H2. The molecular formula is C13H6F9NO5S. The number of hydrogen-bond acceptors (Lipinski definition) is 5. The highest BCUT2D eigenvalue weighted by Gasteiger charge is 2.50. The fourth-order valence-electron chi connectivity index (χ4n) is 2.27. The van der Waals surface area contributed by atoms with Crippen molar-refractivity contribution in [2.45, 2.75) is 36.3 Å². The van der Waals surface area contributed by atoms with E-state index in [4.69, 9.17) is 0 Å². The summed E-state index contributed by atoms with van der Waals surface area (Å²) in [5.74, 6) is -2.73. The monoisotopic (exact) mass is 459 g/mol. The molecule has 0 bridgehead atoms. The number of carbonyl (C=O) groups is 2. The van der Waals surface area contributed by atoms with E-state index in [9.17, 15) is 57.5 Å². The van der Waals surface area contributed by atoms with Gasteiger partial charge in [-0.3, -0.25) is 9.59 Å². The Morgan fingerprint density at radius 2 is 1.28 bits per heavy atom. The van der Waals surface area contributed by atoms with Crippen LogP contribution in [-0.2, 0) is 42.5 Å². The molecule has 1 heterocycles. The van der Waals surface area contributed by atoms with Crippen molar-refractivity contribution in [2.24, 2.45) is 0 Å². The molecule has 6 nitrogen and oxygen atoms in total. The minimum atomic E-state index is -6.12. The van der Waals surface area contributed by atoms with Crippen molar-refractivity contribution in [3.05, 3.63) is 28.8 Å². The number of rotatable bonds is 3. The number of hydrogen-bond donors (Lipinski definition) is 0. The van der Waals surface area contributed by atoms with E-state index in [1.165, 1.54) is 0 Å². The molecule has 29 heavy (non-hydrogen) atoms. The number of nitrogens with zero attached hydrogens (tertiary/aromatic N) is 1. The van der Waals surface area contributed by atoms with Crippen LogP contribution in [0.5, 0.6) is 0 Å². The second-order valence-corrected chi connectivity index (χ2v) is 7.00. The van der Waals surface area contributed by atoms with Gasteiger partial charge in [-0.2, -0.15) is 47.9 Å². The SMILES string of the molecule is O=C1CCC(=O)N1OS(=O)(=O)c1cc(C(F)(F)F)cc(C(F)(F)F)c1C(F)(F)F. The molecule has 0 radical (unpaired) electrons. The van der Waals surface area contributed by atoms with Crippen LogP contribution >= 0.6 is 0 Å². The topological polar surface area (TPSA) is 80.8 Å². The fourth-order valence-corrected chi connectivity index (χ4v) is 3.46. The molecule has 2 rings (SSSR count). The van der Waals surface area contributed by atoms with Crippen LogP contribution in [0, 0.1) is 0 Å². The molecule has 1 aliphatic rings. The van der Waals surface area contributed by atoms with Crippen molar-refractivity contribution in [1.29, 1.82) is 0 Å². The van der Waals surface area contributed by atoms with E-state index in [0.717, 1.165) is 0 Å². The van der Waals surface area contributed by atoms with E-state index in [2.05, 4.69) is 4.28 Å². The Morgan fingerprint density at radius 1 is 0.793 bits per heavy atom. The Bertz CT molecular complexity index is 947. The van der Waals surface area contributed by atoms with Gasteiger partial charge in [-0.25, -0.2) is 0 Å². The minimum absolute atomic E-state index is 0.539. The molecule has 0 saturated carbocycles. The van der Waals surface area contributed by atoms with Gasteiger partial charge >= 0.3 is 28.6 Å². The molecule has 0 N–H and O–H groups in total. The number of amides is 2. The van der Waals surface area contributed by atoms with Gasteiger partial charge in [0.1, 0.15) is 4.90 Å².